The summed E-state index contributed by atoms with van der Waals surface area (Å²) in [4.78, 5) is 24.1. The van der Waals surface area contributed by atoms with Crippen molar-refractivity contribution in [2.45, 2.75) is 50.8 Å². The number of amides is 1. The maximum Gasteiger partial charge on any atom is 0.256 e. The zero-order chi connectivity index (χ0) is 20.4. The fourth-order valence-corrected chi connectivity index (χ4v) is 4.66. The molecule has 1 atom stereocenters. The second-order valence-electron chi connectivity index (χ2n) is 8.32. The van der Waals surface area contributed by atoms with Gasteiger partial charge in [0.15, 0.2) is 5.65 Å². The molecule has 8 nitrogen and oxygen atoms in total. The SMILES string of the molecule is C[C@@H]1c2cc(F)cnc2OC2CC(C2)NC(=O)c2cnn3cc4c(nc23)N1CCC4. The summed E-state index contributed by atoms with van der Waals surface area (Å²) in [5, 5.41) is 7.40. The van der Waals surface area contributed by atoms with E-state index < -0.39 is 0 Å². The third kappa shape index (κ3) is 2.64. The number of rotatable bonds is 0. The van der Waals surface area contributed by atoms with Gasteiger partial charge in [-0.2, -0.15) is 5.10 Å². The Bertz CT molecular complexity index is 1170. The van der Waals surface area contributed by atoms with E-state index in [9.17, 15) is 9.18 Å². The summed E-state index contributed by atoms with van der Waals surface area (Å²) in [7, 11) is 0. The molecular formula is C21H21FN6O2. The van der Waals surface area contributed by atoms with E-state index in [-0.39, 0.29) is 29.9 Å². The molecule has 154 valence electrons. The predicted molar refractivity (Wildman–Crippen MR) is 106 cm³/mol. The highest BCUT2D eigenvalue weighted by atomic mass is 19.1. The quantitative estimate of drug-likeness (QED) is 0.615. The third-order valence-electron chi connectivity index (χ3n) is 6.38. The first-order chi connectivity index (χ1) is 14.6. The molecule has 0 saturated heterocycles. The molecule has 3 aliphatic heterocycles. The third-order valence-corrected chi connectivity index (χ3v) is 6.38. The van der Waals surface area contributed by atoms with Crippen LogP contribution < -0.4 is 15.0 Å². The van der Waals surface area contributed by atoms with Crippen molar-refractivity contribution in [2.75, 3.05) is 11.4 Å². The first-order valence-electron chi connectivity index (χ1n) is 10.3. The van der Waals surface area contributed by atoms with Crippen molar-refractivity contribution in [3.63, 3.8) is 0 Å². The van der Waals surface area contributed by atoms with Gasteiger partial charge in [-0.05, 0) is 25.8 Å². The Morgan fingerprint density at radius 1 is 1.30 bits per heavy atom. The molecule has 1 amide bonds. The van der Waals surface area contributed by atoms with Gasteiger partial charge < -0.3 is 15.0 Å². The molecule has 3 aromatic rings. The highest BCUT2D eigenvalue weighted by molar-refractivity contribution is 6.00. The van der Waals surface area contributed by atoms with Gasteiger partial charge in [-0.3, -0.25) is 4.79 Å². The van der Waals surface area contributed by atoms with E-state index in [1.54, 1.807) is 10.7 Å². The number of aryl methyl sites for hydroxylation is 1. The monoisotopic (exact) mass is 408 g/mol. The summed E-state index contributed by atoms with van der Waals surface area (Å²) in [6.45, 7) is 2.79. The molecule has 0 aromatic carbocycles. The van der Waals surface area contributed by atoms with Gasteiger partial charge in [0.25, 0.3) is 5.91 Å². The molecule has 1 N–H and O–H groups in total. The van der Waals surface area contributed by atoms with Crippen LogP contribution in [0.15, 0.2) is 24.7 Å². The topological polar surface area (TPSA) is 84.6 Å². The van der Waals surface area contributed by atoms with Crippen molar-refractivity contribution < 1.29 is 13.9 Å². The van der Waals surface area contributed by atoms with Gasteiger partial charge in [-0.1, -0.05) is 0 Å². The number of carbonyl (C=O) groups excluding carboxylic acids is 1. The van der Waals surface area contributed by atoms with E-state index in [1.807, 2.05) is 13.1 Å². The fraction of sp³-hybridized carbons (Fsp3) is 0.429. The second-order valence-corrected chi connectivity index (χ2v) is 8.32. The summed E-state index contributed by atoms with van der Waals surface area (Å²) >= 11 is 0. The fourth-order valence-electron chi connectivity index (χ4n) is 4.66. The van der Waals surface area contributed by atoms with Crippen LogP contribution in [0.5, 0.6) is 5.88 Å². The number of fused-ring (bicyclic) bond motifs is 1. The van der Waals surface area contributed by atoms with E-state index >= 15 is 0 Å². The highest BCUT2D eigenvalue weighted by Gasteiger charge is 2.35. The Kier molecular flexibility index (Phi) is 3.75. The minimum atomic E-state index is -0.386. The minimum Gasteiger partial charge on any atom is -0.474 e. The minimum absolute atomic E-state index is 0.0239. The van der Waals surface area contributed by atoms with Gasteiger partial charge in [0.05, 0.1) is 18.4 Å². The van der Waals surface area contributed by atoms with Gasteiger partial charge in [-0.25, -0.2) is 18.9 Å². The van der Waals surface area contributed by atoms with Gasteiger partial charge in [0.2, 0.25) is 5.88 Å². The smallest absolute Gasteiger partial charge is 0.256 e. The zero-order valence-electron chi connectivity index (χ0n) is 16.5. The van der Waals surface area contributed by atoms with Crippen LogP contribution in [0.25, 0.3) is 5.65 Å². The van der Waals surface area contributed by atoms with Crippen LogP contribution in [0, 0.1) is 5.82 Å². The van der Waals surface area contributed by atoms with Crippen LogP contribution in [-0.4, -0.2) is 44.2 Å². The lowest BCUT2D eigenvalue weighted by molar-refractivity contribution is 0.0670. The number of hydrogen-bond donors (Lipinski definition) is 1. The first-order valence-corrected chi connectivity index (χ1v) is 10.3. The van der Waals surface area contributed by atoms with Crippen molar-refractivity contribution in [1.82, 2.24) is 24.9 Å². The molecule has 4 aliphatic rings. The number of nitrogens with one attached hydrogen (secondary N) is 1. The largest absolute Gasteiger partial charge is 0.474 e. The van der Waals surface area contributed by atoms with Crippen molar-refractivity contribution >= 4 is 17.4 Å². The Hall–Kier alpha value is -3.23. The molecule has 7 rings (SSSR count). The number of halogens is 1. The number of anilines is 1. The summed E-state index contributed by atoms with van der Waals surface area (Å²) in [5.41, 5.74) is 2.76. The van der Waals surface area contributed by atoms with Gasteiger partial charge in [0.1, 0.15) is 23.3 Å². The van der Waals surface area contributed by atoms with Crippen molar-refractivity contribution in [3.8, 4) is 5.88 Å². The number of ether oxygens (including phenoxy) is 1. The lowest BCUT2D eigenvalue weighted by Crippen LogP contribution is -2.49. The highest BCUT2D eigenvalue weighted by Crippen LogP contribution is 2.38. The number of carbonyl (C=O) groups is 1. The van der Waals surface area contributed by atoms with E-state index in [2.05, 4.69) is 20.3 Å². The number of aromatic nitrogens is 4. The lowest BCUT2D eigenvalue weighted by Gasteiger charge is -2.38. The standard InChI is InChI=1S/C21H21FN6O2/c1-11-16-5-13(22)8-23-21(16)30-15-6-14(7-15)25-20(29)17-9-24-28-10-12-3-2-4-27(11)18(12)26-19(17)28/h5,8-11,14-15H,2-4,6-7H2,1H3,(H,25,29)/t11-,14?,15?/m1/s1. The van der Waals surface area contributed by atoms with E-state index in [0.717, 1.165) is 30.8 Å². The van der Waals surface area contributed by atoms with Crippen LogP contribution in [0.4, 0.5) is 10.2 Å². The lowest BCUT2D eigenvalue weighted by atomic mass is 9.89. The molecule has 9 heteroatoms. The summed E-state index contributed by atoms with van der Waals surface area (Å²) in [6.07, 6.45) is 7.85. The van der Waals surface area contributed by atoms with Gasteiger partial charge in [0, 0.05) is 42.8 Å². The number of nitrogens with zero attached hydrogens (tertiary/aromatic N) is 5. The molecule has 1 fully saturated rings. The first kappa shape index (κ1) is 17.6. The number of hydrogen-bond acceptors (Lipinski definition) is 6. The van der Waals surface area contributed by atoms with Crippen molar-refractivity contribution in [2.24, 2.45) is 0 Å². The van der Waals surface area contributed by atoms with Crippen LogP contribution in [0.1, 0.15) is 53.7 Å². The van der Waals surface area contributed by atoms with E-state index in [0.29, 0.717) is 35.5 Å². The Balaban J connectivity index is 1.54. The van der Waals surface area contributed by atoms with Crippen LogP contribution in [0.2, 0.25) is 0 Å². The van der Waals surface area contributed by atoms with Crippen LogP contribution in [0.3, 0.4) is 0 Å². The van der Waals surface area contributed by atoms with Crippen LogP contribution in [-0.2, 0) is 6.42 Å². The molecule has 0 spiro atoms. The maximum absolute atomic E-state index is 14.1. The predicted octanol–water partition coefficient (Wildman–Crippen LogP) is 2.43. The Morgan fingerprint density at radius 3 is 3.03 bits per heavy atom. The summed E-state index contributed by atoms with van der Waals surface area (Å²) in [5.74, 6) is 0.693. The molecule has 1 aliphatic carbocycles. The second kappa shape index (κ2) is 6.38. The molecular weight excluding hydrogens is 387 g/mol. The van der Waals surface area contributed by atoms with E-state index in [4.69, 9.17) is 9.72 Å². The Morgan fingerprint density at radius 2 is 2.17 bits per heavy atom. The van der Waals surface area contributed by atoms with Gasteiger partial charge in [-0.15, -0.1) is 0 Å². The molecule has 4 bridgehead atoms. The number of pyridine rings is 1. The molecule has 6 heterocycles. The normalized spacial score (nSPS) is 25.2. The molecule has 30 heavy (non-hydrogen) atoms. The Labute approximate surface area is 172 Å². The molecule has 0 radical (unpaired) electrons. The summed E-state index contributed by atoms with van der Waals surface area (Å²) < 4.78 is 21.9. The maximum atomic E-state index is 14.1. The summed E-state index contributed by atoms with van der Waals surface area (Å²) in [6, 6.07) is 1.35. The van der Waals surface area contributed by atoms with E-state index in [1.165, 1.54) is 12.3 Å². The van der Waals surface area contributed by atoms with Crippen LogP contribution >= 0.6 is 0 Å². The van der Waals surface area contributed by atoms with Crippen molar-refractivity contribution in [1.29, 1.82) is 0 Å². The average Bonchev–Trinajstić information content (AvgIpc) is 3.13. The molecule has 1 saturated carbocycles. The van der Waals surface area contributed by atoms with Crippen molar-refractivity contribution in [3.05, 3.63) is 47.2 Å². The zero-order valence-corrected chi connectivity index (χ0v) is 16.5. The average molecular weight is 408 g/mol. The van der Waals surface area contributed by atoms with Gasteiger partial charge >= 0.3 is 0 Å². The molecule has 3 aromatic heterocycles. The molecule has 0 unspecified atom stereocenters.